The summed E-state index contributed by atoms with van der Waals surface area (Å²) in [5.41, 5.74) is -0.582. The van der Waals surface area contributed by atoms with Gasteiger partial charge in [0, 0.05) is 45.9 Å². The smallest absolute Gasteiger partial charge is 0.116 e. The minimum absolute atomic E-state index is 0.126. The number of nitrogens with zero attached hydrogens (tertiary/aromatic N) is 3. The molecule has 1 saturated heterocycles. The SMILES string of the molecule is [2H]c1c([2H])c2c(c([2H])c1Cl)NC(N1CC([2H])([2H])N(C([2H])([2H])[2H])C([2H])([2H])C1)=c1c([2H])c([2H])c([2H])c([2H])c1=N2. The number of hydrogen-bond acceptors (Lipinski definition) is 4. The van der Waals surface area contributed by atoms with Crippen LogP contribution in [0.2, 0.25) is 5.02 Å². The van der Waals surface area contributed by atoms with Gasteiger partial charge in [0.2, 0.25) is 0 Å². The molecule has 4 nitrogen and oxygen atoms in total. The molecule has 5 heteroatoms. The van der Waals surface area contributed by atoms with E-state index >= 15 is 0 Å². The van der Waals surface area contributed by atoms with E-state index in [1.807, 2.05) is 0 Å². The zero-order chi connectivity index (χ0) is 28.0. The van der Waals surface area contributed by atoms with Crippen LogP contribution in [0.25, 0.3) is 5.82 Å². The zero-order valence-electron chi connectivity index (χ0n) is 25.6. The fourth-order valence-electron chi connectivity index (χ4n) is 2.22. The molecular weight excluding hydrogens is 308 g/mol. The van der Waals surface area contributed by atoms with Gasteiger partial charge in [0.25, 0.3) is 0 Å². The number of rotatable bonds is 1. The number of para-hydroxylation sites is 1. The third-order valence-corrected chi connectivity index (χ3v) is 3.48. The van der Waals surface area contributed by atoms with E-state index in [1.165, 1.54) is 0 Å². The van der Waals surface area contributed by atoms with Crippen molar-refractivity contribution in [3.63, 3.8) is 0 Å². The first-order valence-electron chi connectivity index (χ1n) is 13.6. The molecule has 2 aliphatic heterocycles. The molecular formula is C18H19ClN4. The molecule has 0 atom stereocenters. The van der Waals surface area contributed by atoms with Crippen molar-refractivity contribution < 1.29 is 19.2 Å². The highest BCUT2D eigenvalue weighted by Crippen LogP contribution is 2.30. The van der Waals surface area contributed by atoms with Crippen LogP contribution in [0.1, 0.15) is 19.2 Å². The van der Waals surface area contributed by atoms with E-state index in [2.05, 4.69) is 10.3 Å². The normalized spacial score (nSPS) is 31.3. The number of fused-ring (bicyclic) bond motifs is 2. The van der Waals surface area contributed by atoms with E-state index in [1.54, 1.807) is 0 Å². The zero-order valence-corrected chi connectivity index (χ0v) is 12.4. The molecule has 0 aromatic heterocycles. The molecule has 2 aliphatic rings. The standard InChI is InChI=1S/C18H19ClN4/c1-22-8-10-23(11-9-22)18-14-4-2-3-5-15(14)20-16-7-6-13(19)12-17(16)21-18/h2-7,12,21H,8-11H2,1H3/i1D3,2D,3D,4D,5D,6D,7D,8D2,9D2,12D. The second-order valence-corrected chi connectivity index (χ2v) is 5.11. The van der Waals surface area contributed by atoms with Gasteiger partial charge < -0.3 is 15.1 Å². The van der Waals surface area contributed by atoms with Gasteiger partial charge in [0.1, 0.15) is 5.82 Å². The van der Waals surface area contributed by atoms with Gasteiger partial charge in [-0.1, -0.05) is 23.7 Å². The van der Waals surface area contributed by atoms with Crippen molar-refractivity contribution in [3.8, 4) is 0 Å². The summed E-state index contributed by atoms with van der Waals surface area (Å²) in [5.74, 6) is -0.288. The summed E-state index contributed by atoms with van der Waals surface area (Å²) in [7, 11) is 0. The summed E-state index contributed by atoms with van der Waals surface area (Å²) < 4.78 is 114. The Morgan fingerprint density at radius 1 is 1.26 bits per heavy atom. The highest BCUT2D eigenvalue weighted by Gasteiger charge is 2.19. The van der Waals surface area contributed by atoms with Crippen LogP contribution in [-0.4, -0.2) is 42.9 Å². The van der Waals surface area contributed by atoms with Gasteiger partial charge in [-0.05, 0) is 37.2 Å². The van der Waals surface area contributed by atoms with Crippen LogP contribution in [-0.2, 0) is 0 Å². The van der Waals surface area contributed by atoms with Crippen molar-refractivity contribution in [2.75, 3.05) is 38.4 Å². The highest BCUT2D eigenvalue weighted by molar-refractivity contribution is 6.31. The lowest BCUT2D eigenvalue weighted by atomic mass is 10.2. The minimum atomic E-state index is -3.14. The Labute approximate surface area is 160 Å². The third kappa shape index (κ3) is 2.80. The molecule has 0 aliphatic carbocycles. The summed E-state index contributed by atoms with van der Waals surface area (Å²) in [5, 5.41) is 1.62. The first-order chi connectivity index (χ1) is 16.8. The van der Waals surface area contributed by atoms with Crippen molar-refractivity contribution in [1.82, 2.24) is 9.80 Å². The van der Waals surface area contributed by atoms with Crippen molar-refractivity contribution in [1.29, 1.82) is 0 Å². The average molecular weight is 341 g/mol. The van der Waals surface area contributed by atoms with Crippen LogP contribution in [0.5, 0.6) is 0 Å². The Hall–Kier alpha value is -2.04. The maximum absolute atomic E-state index is 8.51. The number of halogens is 1. The lowest BCUT2D eigenvalue weighted by Crippen LogP contribution is -2.47. The van der Waals surface area contributed by atoms with Crippen LogP contribution in [0.3, 0.4) is 0 Å². The fraction of sp³-hybridized carbons (Fsp3) is 0.278. The fourth-order valence-corrected chi connectivity index (χ4v) is 2.37. The quantitative estimate of drug-likeness (QED) is 0.861. The molecule has 0 bridgehead atoms. The van der Waals surface area contributed by atoms with Crippen molar-refractivity contribution in [2.45, 2.75) is 0 Å². The van der Waals surface area contributed by atoms with Gasteiger partial charge in [-0.2, -0.15) is 0 Å². The van der Waals surface area contributed by atoms with Crippen molar-refractivity contribution >= 4 is 28.8 Å². The largest absolute Gasteiger partial charge is 0.355 e. The number of anilines is 1. The molecule has 0 unspecified atom stereocenters. The van der Waals surface area contributed by atoms with Gasteiger partial charge in [-0.25, -0.2) is 4.99 Å². The lowest BCUT2D eigenvalue weighted by molar-refractivity contribution is 0.206. The van der Waals surface area contributed by atoms with E-state index in [9.17, 15) is 0 Å². The Kier molecular flexibility index (Phi) is 1.48. The van der Waals surface area contributed by atoms with E-state index in [0.29, 0.717) is 0 Å². The Bertz CT molecular complexity index is 1440. The summed E-state index contributed by atoms with van der Waals surface area (Å²) in [6.45, 7) is -10.2. The van der Waals surface area contributed by atoms with Gasteiger partial charge in [-0.3, -0.25) is 0 Å². The Balaban J connectivity index is 2.11. The summed E-state index contributed by atoms with van der Waals surface area (Å²) >= 11 is 6.07. The maximum Gasteiger partial charge on any atom is 0.116 e. The molecule has 0 amide bonds. The lowest BCUT2D eigenvalue weighted by Gasteiger charge is -2.35. The number of likely N-dealkylation sites (N-methyl/N-ethyl adjacent to an activating group) is 1. The van der Waals surface area contributed by atoms with E-state index in [-0.39, 0.29) is 32.7 Å². The predicted octanol–water partition coefficient (Wildman–Crippen LogP) is 2.03. The number of nitrogens with one attached hydrogen (secondary N) is 1. The van der Waals surface area contributed by atoms with E-state index in [0.717, 1.165) is 4.90 Å². The first kappa shape index (κ1) is 5.80. The Morgan fingerprint density at radius 3 is 2.91 bits per heavy atom. The molecule has 2 aromatic rings. The summed E-state index contributed by atoms with van der Waals surface area (Å²) in [6, 6.07) is -4.15. The van der Waals surface area contributed by atoms with E-state index < -0.39 is 80.4 Å². The van der Waals surface area contributed by atoms with Gasteiger partial charge in [0.15, 0.2) is 0 Å². The van der Waals surface area contributed by atoms with Gasteiger partial charge in [0.05, 0.1) is 26.3 Å². The second-order valence-electron chi connectivity index (χ2n) is 4.73. The molecule has 23 heavy (non-hydrogen) atoms. The molecule has 1 fully saturated rings. The molecule has 2 aromatic carbocycles. The molecule has 118 valence electrons. The van der Waals surface area contributed by atoms with Crippen LogP contribution in [0, 0.1) is 0 Å². The van der Waals surface area contributed by atoms with Gasteiger partial charge >= 0.3 is 0 Å². The van der Waals surface area contributed by atoms with Gasteiger partial charge in [-0.15, -0.1) is 0 Å². The van der Waals surface area contributed by atoms with Crippen LogP contribution in [0.15, 0.2) is 47.3 Å². The molecule has 0 saturated carbocycles. The van der Waals surface area contributed by atoms with Crippen LogP contribution < -0.4 is 15.9 Å². The molecule has 4 rings (SSSR count). The predicted molar refractivity (Wildman–Crippen MR) is 94.4 cm³/mol. The second kappa shape index (κ2) is 5.87. The van der Waals surface area contributed by atoms with Crippen LogP contribution in [0.4, 0.5) is 11.4 Å². The maximum atomic E-state index is 8.51. The monoisotopic (exact) mass is 340 g/mol. The molecule has 2 heterocycles. The van der Waals surface area contributed by atoms with Crippen LogP contribution >= 0.6 is 11.6 Å². The number of piperazine rings is 1. The van der Waals surface area contributed by atoms with Crippen molar-refractivity contribution in [2.24, 2.45) is 4.99 Å². The minimum Gasteiger partial charge on any atom is -0.355 e. The van der Waals surface area contributed by atoms with Crippen molar-refractivity contribution in [3.05, 3.63) is 57.9 Å². The average Bonchev–Trinajstić information content (AvgIpc) is 2.93. The number of hydrogen-bond donors (Lipinski definition) is 1. The topological polar surface area (TPSA) is 30.9 Å². The molecule has 1 N–H and O–H groups in total. The third-order valence-electron chi connectivity index (χ3n) is 3.29. The molecule has 0 spiro atoms. The summed E-state index contributed by atoms with van der Waals surface area (Å²) in [4.78, 5) is 5.37. The number of benzene rings is 2. The Morgan fingerprint density at radius 2 is 2.09 bits per heavy atom. The van der Waals surface area contributed by atoms with E-state index in [4.69, 9.17) is 30.8 Å². The highest BCUT2D eigenvalue weighted by atomic mass is 35.5. The first-order valence-corrected chi connectivity index (χ1v) is 7.00. The molecule has 0 radical (unpaired) electrons. The summed E-state index contributed by atoms with van der Waals surface area (Å²) in [6.07, 6.45) is 0.